The van der Waals surface area contributed by atoms with Crippen molar-refractivity contribution in [1.82, 2.24) is 0 Å². The van der Waals surface area contributed by atoms with Gasteiger partial charge in [-0.25, -0.2) is 0 Å². The van der Waals surface area contributed by atoms with Gasteiger partial charge in [0.1, 0.15) is 17.6 Å². The zero-order chi connectivity index (χ0) is 14.2. The predicted octanol–water partition coefficient (Wildman–Crippen LogP) is 3.35. The van der Waals surface area contributed by atoms with E-state index in [2.05, 4.69) is 60.7 Å². The summed E-state index contributed by atoms with van der Waals surface area (Å²) in [4.78, 5) is 0. The Balaban J connectivity index is 1.99. The molecule has 2 aromatic rings. The van der Waals surface area contributed by atoms with Gasteiger partial charge in [-0.3, -0.25) is 0 Å². The molecule has 4 heteroatoms. The fraction of sp³-hybridized carbons (Fsp3) is 0.250. The highest BCUT2D eigenvalue weighted by atomic mass is 35.5. The minimum atomic E-state index is -0.641. The van der Waals surface area contributed by atoms with E-state index in [0.29, 0.717) is 0 Å². The Morgan fingerprint density at radius 3 is 1.25 bits per heavy atom. The summed E-state index contributed by atoms with van der Waals surface area (Å²) >= 11 is 12.4. The summed E-state index contributed by atoms with van der Waals surface area (Å²) in [6.45, 7) is 0. The van der Waals surface area contributed by atoms with E-state index in [1.807, 2.05) is 0 Å². The van der Waals surface area contributed by atoms with Gasteiger partial charge in [0.05, 0.1) is 0 Å². The van der Waals surface area contributed by atoms with Crippen molar-refractivity contribution in [2.75, 3.05) is 11.0 Å². The summed E-state index contributed by atoms with van der Waals surface area (Å²) in [5, 5.41) is 2.88. The molecule has 0 aliphatic heterocycles. The number of hydrogen-bond donors (Lipinski definition) is 0. The first kappa shape index (κ1) is 15.8. The summed E-state index contributed by atoms with van der Waals surface area (Å²) in [6, 6.07) is 23.9. The van der Waals surface area contributed by atoms with E-state index in [-0.39, 0.29) is 0 Å². The van der Waals surface area contributed by atoms with Gasteiger partial charge in [0.15, 0.2) is 0 Å². The molecule has 0 N–H and O–H groups in total. The van der Waals surface area contributed by atoms with Crippen LogP contribution in [0, 0.1) is 0 Å². The third kappa shape index (κ3) is 4.49. The second-order valence-corrected chi connectivity index (χ2v) is 11.4. The van der Waals surface area contributed by atoms with E-state index in [1.165, 1.54) is 22.5 Å². The molecule has 104 valence electrons. The topological polar surface area (TPSA) is 0 Å². The molecule has 2 aromatic carbocycles. The lowest BCUT2D eigenvalue weighted by Gasteiger charge is -2.16. The summed E-state index contributed by atoms with van der Waals surface area (Å²) < 4.78 is 0. The lowest BCUT2D eigenvalue weighted by molar-refractivity contribution is 1.36. The van der Waals surface area contributed by atoms with E-state index < -0.39 is 17.6 Å². The average Bonchev–Trinajstić information content (AvgIpc) is 2.53. The molecular formula is C16H18Cl2Si2. The molecule has 0 amide bonds. The fourth-order valence-corrected chi connectivity index (χ4v) is 8.85. The third-order valence-electron chi connectivity index (χ3n) is 3.42. The van der Waals surface area contributed by atoms with Crippen LogP contribution in [0.5, 0.6) is 0 Å². The lowest BCUT2D eigenvalue weighted by Crippen LogP contribution is -2.37. The fourth-order valence-electron chi connectivity index (χ4n) is 2.23. The van der Waals surface area contributed by atoms with E-state index in [1.54, 1.807) is 0 Å². The molecule has 0 unspecified atom stereocenters. The van der Waals surface area contributed by atoms with Crippen LogP contribution in [0.4, 0.5) is 0 Å². The Morgan fingerprint density at radius 2 is 0.950 bits per heavy atom. The number of rotatable bonds is 7. The smallest absolute Gasteiger partial charge is 0.102 e. The van der Waals surface area contributed by atoms with E-state index >= 15 is 0 Å². The molecule has 0 saturated carbocycles. The van der Waals surface area contributed by atoms with Crippen LogP contribution in [0.1, 0.15) is 0 Å². The van der Waals surface area contributed by atoms with Gasteiger partial charge in [-0.15, -0.1) is 23.2 Å². The van der Waals surface area contributed by atoms with E-state index in [9.17, 15) is 0 Å². The molecule has 0 heterocycles. The maximum Gasteiger partial charge on any atom is 0.102 e. The van der Waals surface area contributed by atoms with Gasteiger partial charge in [-0.1, -0.05) is 83.1 Å². The molecule has 0 atom stereocenters. The molecule has 2 radical (unpaired) electrons. The zero-order valence-electron chi connectivity index (χ0n) is 11.4. The van der Waals surface area contributed by atoms with Crippen molar-refractivity contribution in [3.05, 3.63) is 60.7 Å². The normalized spacial score (nSPS) is 11.2. The van der Waals surface area contributed by atoms with Gasteiger partial charge >= 0.3 is 0 Å². The largest absolute Gasteiger partial charge is 0.130 e. The second kappa shape index (κ2) is 8.68. The van der Waals surface area contributed by atoms with Crippen molar-refractivity contribution in [2.45, 2.75) is 12.1 Å². The third-order valence-corrected chi connectivity index (χ3v) is 10.5. The summed E-state index contributed by atoms with van der Waals surface area (Å²) in [5.74, 6) is 0. The molecule has 0 spiro atoms. The first-order chi connectivity index (χ1) is 9.85. The lowest BCUT2D eigenvalue weighted by atomic mass is 10.4. The molecule has 0 aromatic heterocycles. The Bertz CT molecular complexity index is 443. The number of alkyl halides is 2. The number of hydrogen-bond acceptors (Lipinski definition) is 0. The Morgan fingerprint density at radius 1 is 0.600 bits per heavy atom. The molecule has 0 aliphatic rings. The van der Waals surface area contributed by atoms with Crippen molar-refractivity contribution in [2.24, 2.45) is 0 Å². The monoisotopic (exact) mass is 336 g/mol. The minimum Gasteiger partial charge on any atom is -0.130 e. The molecule has 0 bridgehead atoms. The first-order valence-electron chi connectivity index (χ1n) is 6.77. The van der Waals surface area contributed by atoms with Crippen molar-refractivity contribution < 1.29 is 0 Å². The molecule has 2 rings (SSSR count). The van der Waals surface area contributed by atoms with Gasteiger partial charge in [-0.05, 0) is 0 Å². The standard InChI is InChI=1S/C16H18Cl2Si2/c17-13-19(15-7-3-1-4-8-15)11-12-20(14-18)16-9-5-2-6-10-16/h1-10H,11-14H2. The highest BCUT2D eigenvalue weighted by molar-refractivity contribution is 6.83. The van der Waals surface area contributed by atoms with Crippen molar-refractivity contribution in [3.8, 4) is 0 Å². The average molecular weight is 337 g/mol. The zero-order valence-corrected chi connectivity index (χ0v) is 14.9. The molecule has 0 saturated heterocycles. The number of halogens is 2. The van der Waals surface area contributed by atoms with Gasteiger partial charge in [0, 0.05) is 11.0 Å². The van der Waals surface area contributed by atoms with Crippen LogP contribution in [0.3, 0.4) is 0 Å². The van der Waals surface area contributed by atoms with Gasteiger partial charge < -0.3 is 0 Å². The van der Waals surface area contributed by atoms with E-state index in [0.717, 1.165) is 11.0 Å². The Hall–Kier alpha value is -0.546. The highest BCUT2D eigenvalue weighted by Gasteiger charge is 2.18. The Kier molecular flexibility index (Phi) is 6.87. The van der Waals surface area contributed by atoms with Gasteiger partial charge in [-0.2, -0.15) is 0 Å². The van der Waals surface area contributed by atoms with Crippen LogP contribution in [0.25, 0.3) is 0 Å². The van der Waals surface area contributed by atoms with Crippen LogP contribution in [-0.2, 0) is 0 Å². The SMILES string of the molecule is ClC[Si](CC[Si](CCl)c1ccccc1)c1ccccc1. The van der Waals surface area contributed by atoms with Crippen LogP contribution in [-0.4, -0.2) is 28.6 Å². The van der Waals surface area contributed by atoms with Crippen LogP contribution >= 0.6 is 23.2 Å². The minimum absolute atomic E-state index is 0.641. The highest BCUT2D eigenvalue weighted by Crippen LogP contribution is 2.08. The van der Waals surface area contributed by atoms with Crippen LogP contribution < -0.4 is 10.4 Å². The van der Waals surface area contributed by atoms with Crippen LogP contribution in [0.2, 0.25) is 12.1 Å². The summed E-state index contributed by atoms with van der Waals surface area (Å²) in [7, 11) is -1.28. The maximum atomic E-state index is 6.20. The second-order valence-electron chi connectivity index (χ2n) is 4.71. The molecular weight excluding hydrogens is 319 g/mol. The first-order valence-corrected chi connectivity index (χ1v) is 11.7. The van der Waals surface area contributed by atoms with Gasteiger partial charge in [0.25, 0.3) is 0 Å². The number of benzene rings is 2. The Labute approximate surface area is 135 Å². The summed E-state index contributed by atoms with van der Waals surface area (Å²) in [5.41, 5.74) is 1.56. The predicted molar refractivity (Wildman–Crippen MR) is 94.7 cm³/mol. The quantitative estimate of drug-likeness (QED) is 0.537. The van der Waals surface area contributed by atoms with Gasteiger partial charge in [0.2, 0.25) is 0 Å². The molecule has 0 nitrogen and oxygen atoms in total. The molecule has 0 aliphatic carbocycles. The van der Waals surface area contributed by atoms with Crippen molar-refractivity contribution in [1.29, 1.82) is 0 Å². The van der Waals surface area contributed by atoms with Crippen LogP contribution in [0.15, 0.2) is 60.7 Å². The molecule has 20 heavy (non-hydrogen) atoms. The summed E-state index contributed by atoms with van der Waals surface area (Å²) in [6.07, 6.45) is 0. The van der Waals surface area contributed by atoms with Crippen molar-refractivity contribution in [3.63, 3.8) is 0 Å². The molecule has 0 fully saturated rings. The van der Waals surface area contributed by atoms with E-state index in [4.69, 9.17) is 23.2 Å². The van der Waals surface area contributed by atoms with Crippen molar-refractivity contribution >= 4 is 51.2 Å². The maximum absolute atomic E-state index is 6.20.